The molecule has 0 aliphatic carbocycles. The molecule has 0 fully saturated rings. The third-order valence-electron chi connectivity index (χ3n) is 2.52. The van der Waals surface area contributed by atoms with Crippen LogP contribution >= 0.6 is 0 Å². The largest absolute Gasteiger partial charge is 0.397 e. The zero-order valence-electron chi connectivity index (χ0n) is 9.36. The Morgan fingerprint density at radius 2 is 2.20 bits per heavy atom. The van der Waals surface area contributed by atoms with Gasteiger partial charge in [-0.25, -0.2) is 9.97 Å². The number of nitrogen functional groups attached to an aromatic ring is 1. The maximum Gasteiger partial charge on any atom is 0.162 e. The van der Waals surface area contributed by atoms with E-state index in [2.05, 4.69) is 35.3 Å². The van der Waals surface area contributed by atoms with Gasteiger partial charge in [-0.05, 0) is 19.9 Å². The predicted octanol–water partition coefficient (Wildman–Crippen LogP) is 2.16. The summed E-state index contributed by atoms with van der Waals surface area (Å²) in [5, 5.41) is 0. The first-order valence-corrected chi connectivity index (χ1v) is 5.26. The van der Waals surface area contributed by atoms with Crippen LogP contribution in [0.4, 0.5) is 5.69 Å². The summed E-state index contributed by atoms with van der Waals surface area (Å²) in [6.45, 7) is 6.35. The van der Waals surface area contributed by atoms with Gasteiger partial charge in [-0.15, -0.1) is 0 Å². The van der Waals surface area contributed by atoms with Crippen molar-refractivity contribution in [2.45, 2.75) is 33.2 Å². The van der Waals surface area contributed by atoms with Gasteiger partial charge in [-0.2, -0.15) is 0 Å². The van der Waals surface area contributed by atoms with Gasteiger partial charge >= 0.3 is 0 Å². The number of aromatic nitrogens is 3. The Balaban J connectivity index is 2.80. The molecule has 2 aromatic heterocycles. The number of anilines is 1. The van der Waals surface area contributed by atoms with Gasteiger partial charge in [0.1, 0.15) is 11.3 Å². The Morgan fingerprint density at radius 3 is 2.80 bits per heavy atom. The lowest BCUT2D eigenvalue weighted by Gasteiger charge is -2.10. The normalized spacial score (nSPS) is 11.5. The summed E-state index contributed by atoms with van der Waals surface area (Å²) >= 11 is 0. The number of pyridine rings is 1. The Kier molecular flexibility index (Phi) is 2.34. The standard InChI is InChI=1S/C11H16N4/c1-4-9-14-10-8(12)5-6-13-11(10)15(9)7(2)3/h5-7H,4H2,1-3H3,(H2,12,13). The van der Waals surface area contributed by atoms with Crippen LogP contribution in [0.3, 0.4) is 0 Å². The molecular formula is C11H16N4. The van der Waals surface area contributed by atoms with Crippen LogP contribution < -0.4 is 5.73 Å². The number of hydrogen-bond donors (Lipinski definition) is 1. The van der Waals surface area contributed by atoms with E-state index >= 15 is 0 Å². The van der Waals surface area contributed by atoms with Gasteiger partial charge in [0, 0.05) is 18.7 Å². The molecule has 0 radical (unpaired) electrons. The fraction of sp³-hybridized carbons (Fsp3) is 0.455. The summed E-state index contributed by atoms with van der Waals surface area (Å²) in [6.07, 6.45) is 2.63. The number of rotatable bonds is 2. The quantitative estimate of drug-likeness (QED) is 0.815. The monoisotopic (exact) mass is 204 g/mol. The van der Waals surface area contributed by atoms with Crippen molar-refractivity contribution in [1.82, 2.24) is 14.5 Å². The summed E-state index contributed by atoms with van der Waals surface area (Å²) in [7, 11) is 0. The second-order valence-corrected chi connectivity index (χ2v) is 3.92. The van der Waals surface area contributed by atoms with Crippen molar-refractivity contribution in [2.24, 2.45) is 0 Å². The summed E-state index contributed by atoms with van der Waals surface area (Å²) in [5.41, 5.74) is 8.29. The maximum absolute atomic E-state index is 5.88. The van der Waals surface area contributed by atoms with Crippen molar-refractivity contribution in [1.29, 1.82) is 0 Å². The second-order valence-electron chi connectivity index (χ2n) is 3.92. The van der Waals surface area contributed by atoms with E-state index in [1.807, 2.05) is 0 Å². The highest BCUT2D eigenvalue weighted by Crippen LogP contribution is 2.23. The first kappa shape index (κ1) is 9.96. The molecule has 2 heterocycles. The SMILES string of the molecule is CCc1nc2c(N)ccnc2n1C(C)C. The van der Waals surface area contributed by atoms with Gasteiger partial charge in [-0.3, -0.25) is 0 Å². The molecule has 0 spiro atoms. The van der Waals surface area contributed by atoms with Crippen LogP contribution in [-0.2, 0) is 6.42 Å². The van der Waals surface area contributed by atoms with E-state index in [4.69, 9.17) is 5.73 Å². The van der Waals surface area contributed by atoms with Crippen LogP contribution in [-0.4, -0.2) is 14.5 Å². The minimum atomic E-state index is 0.360. The summed E-state index contributed by atoms with van der Waals surface area (Å²) in [5.74, 6) is 1.05. The highest BCUT2D eigenvalue weighted by Gasteiger charge is 2.14. The average molecular weight is 204 g/mol. The lowest BCUT2D eigenvalue weighted by Crippen LogP contribution is -2.06. The molecule has 2 aromatic rings. The highest BCUT2D eigenvalue weighted by molar-refractivity contribution is 5.84. The number of nitrogens with two attached hydrogens (primary N) is 1. The topological polar surface area (TPSA) is 56.7 Å². The second kappa shape index (κ2) is 3.53. The molecule has 15 heavy (non-hydrogen) atoms. The number of fused-ring (bicyclic) bond motifs is 1. The Morgan fingerprint density at radius 1 is 1.47 bits per heavy atom. The molecule has 80 valence electrons. The fourth-order valence-corrected chi connectivity index (χ4v) is 1.85. The molecule has 4 heteroatoms. The van der Waals surface area contributed by atoms with E-state index in [0.717, 1.165) is 23.4 Å². The summed E-state index contributed by atoms with van der Waals surface area (Å²) in [6, 6.07) is 2.15. The van der Waals surface area contributed by atoms with Crippen molar-refractivity contribution >= 4 is 16.9 Å². The van der Waals surface area contributed by atoms with Crippen molar-refractivity contribution in [3.63, 3.8) is 0 Å². The lowest BCUT2D eigenvalue weighted by atomic mass is 10.3. The molecule has 0 aliphatic rings. The van der Waals surface area contributed by atoms with Crippen LogP contribution in [0.1, 0.15) is 32.6 Å². The number of aryl methyl sites for hydroxylation is 1. The van der Waals surface area contributed by atoms with E-state index in [1.165, 1.54) is 0 Å². The minimum Gasteiger partial charge on any atom is -0.397 e. The van der Waals surface area contributed by atoms with Crippen LogP contribution in [0, 0.1) is 0 Å². The molecule has 0 aliphatic heterocycles. The fourth-order valence-electron chi connectivity index (χ4n) is 1.85. The highest BCUT2D eigenvalue weighted by atomic mass is 15.1. The molecule has 0 saturated carbocycles. The Hall–Kier alpha value is -1.58. The van der Waals surface area contributed by atoms with Crippen molar-refractivity contribution in [3.8, 4) is 0 Å². The van der Waals surface area contributed by atoms with Crippen molar-refractivity contribution in [2.75, 3.05) is 5.73 Å². The van der Waals surface area contributed by atoms with E-state index < -0.39 is 0 Å². The lowest BCUT2D eigenvalue weighted by molar-refractivity contribution is 0.584. The Labute approximate surface area is 89.1 Å². The van der Waals surface area contributed by atoms with Gasteiger partial charge in [0.25, 0.3) is 0 Å². The molecule has 4 nitrogen and oxygen atoms in total. The molecule has 2 rings (SSSR count). The Bertz CT molecular complexity index is 485. The first-order chi connectivity index (χ1) is 7.15. The molecule has 0 bridgehead atoms. The molecule has 2 N–H and O–H groups in total. The van der Waals surface area contributed by atoms with Crippen molar-refractivity contribution < 1.29 is 0 Å². The maximum atomic E-state index is 5.88. The molecule has 0 saturated heterocycles. The molecule has 0 amide bonds. The van der Waals surface area contributed by atoms with E-state index in [1.54, 1.807) is 12.3 Å². The molecule has 0 aromatic carbocycles. The molecule has 0 unspecified atom stereocenters. The number of imidazole rings is 1. The molecule has 0 atom stereocenters. The first-order valence-electron chi connectivity index (χ1n) is 5.26. The van der Waals surface area contributed by atoms with Crippen LogP contribution in [0.5, 0.6) is 0 Å². The van der Waals surface area contributed by atoms with E-state index in [0.29, 0.717) is 11.7 Å². The summed E-state index contributed by atoms with van der Waals surface area (Å²) < 4.78 is 2.14. The third-order valence-corrected chi connectivity index (χ3v) is 2.52. The summed E-state index contributed by atoms with van der Waals surface area (Å²) in [4.78, 5) is 8.88. The van der Waals surface area contributed by atoms with Gasteiger partial charge in [-0.1, -0.05) is 6.92 Å². The average Bonchev–Trinajstić information content (AvgIpc) is 2.57. The smallest absolute Gasteiger partial charge is 0.162 e. The van der Waals surface area contributed by atoms with Crippen LogP contribution in [0.15, 0.2) is 12.3 Å². The van der Waals surface area contributed by atoms with Gasteiger partial charge in [0.15, 0.2) is 5.65 Å². The zero-order chi connectivity index (χ0) is 11.0. The minimum absolute atomic E-state index is 0.360. The van der Waals surface area contributed by atoms with E-state index in [9.17, 15) is 0 Å². The zero-order valence-corrected chi connectivity index (χ0v) is 9.36. The third kappa shape index (κ3) is 1.46. The van der Waals surface area contributed by atoms with Crippen LogP contribution in [0.25, 0.3) is 11.2 Å². The predicted molar refractivity (Wildman–Crippen MR) is 61.7 cm³/mol. The number of nitrogens with zero attached hydrogens (tertiary/aromatic N) is 3. The van der Waals surface area contributed by atoms with Gasteiger partial charge in [0.05, 0.1) is 5.69 Å². The van der Waals surface area contributed by atoms with E-state index in [-0.39, 0.29) is 0 Å². The van der Waals surface area contributed by atoms with Crippen molar-refractivity contribution in [3.05, 3.63) is 18.1 Å². The molecular weight excluding hydrogens is 188 g/mol. The van der Waals surface area contributed by atoms with Crippen LogP contribution in [0.2, 0.25) is 0 Å². The van der Waals surface area contributed by atoms with Gasteiger partial charge in [0.2, 0.25) is 0 Å². The van der Waals surface area contributed by atoms with Gasteiger partial charge < -0.3 is 10.3 Å². The number of hydrogen-bond acceptors (Lipinski definition) is 3.